The van der Waals surface area contributed by atoms with Crippen molar-refractivity contribution in [2.24, 2.45) is 0 Å². The van der Waals surface area contributed by atoms with Crippen LogP contribution in [0.15, 0.2) is 24.8 Å². The van der Waals surface area contributed by atoms with E-state index in [-0.39, 0.29) is 5.82 Å². The summed E-state index contributed by atoms with van der Waals surface area (Å²) in [4.78, 5) is 6.77. The van der Waals surface area contributed by atoms with Crippen LogP contribution in [0.3, 0.4) is 0 Å². The normalized spacial score (nSPS) is 11.8. The molecule has 0 amide bonds. The molecule has 4 nitrogen and oxygen atoms in total. The third-order valence-electron chi connectivity index (χ3n) is 1.76. The summed E-state index contributed by atoms with van der Waals surface area (Å²) in [7, 11) is 0. The standard InChI is InChI=1S/C8H4F4N4/c9-6-1-7(14-4-13-6)16-3-5(2-15-16)8(10,11)12/h1-4H. The van der Waals surface area contributed by atoms with Crippen molar-refractivity contribution in [3.8, 4) is 5.82 Å². The second kappa shape index (κ2) is 3.54. The summed E-state index contributed by atoms with van der Waals surface area (Å²) >= 11 is 0. The summed E-state index contributed by atoms with van der Waals surface area (Å²) in [6.07, 6.45) is -2.22. The van der Waals surface area contributed by atoms with Gasteiger partial charge in [-0.25, -0.2) is 14.6 Å². The number of halogens is 4. The summed E-state index contributed by atoms with van der Waals surface area (Å²) < 4.78 is 50.2. The zero-order valence-electron chi connectivity index (χ0n) is 7.61. The largest absolute Gasteiger partial charge is 0.419 e. The molecule has 2 heterocycles. The van der Waals surface area contributed by atoms with E-state index in [1.54, 1.807) is 0 Å². The summed E-state index contributed by atoms with van der Waals surface area (Å²) in [6, 6.07) is 0.882. The quantitative estimate of drug-likeness (QED) is 0.556. The predicted octanol–water partition coefficient (Wildman–Crippen LogP) is 1.82. The van der Waals surface area contributed by atoms with Gasteiger partial charge in [0.1, 0.15) is 6.33 Å². The van der Waals surface area contributed by atoms with E-state index in [1.165, 1.54) is 0 Å². The fourth-order valence-corrected chi connectivity index (χ4v) is 1.04. The van der Waals surface area contributed by atoms with E-state index in [0.717, 1.165) is 23.3 Å². The Kier molecular flexibility index (Phi) is 2.33. The molecule has 84 valence electrons. The molecule has 0 bridgehead atoms. The van der Waals surface area contributed by atoms with Crippen LogP contribution in [0.5, 0.6) is 0 Å². The van der Waals surface area contributed by atoms with Crippen LogP contribution in [0.2, 0.25) is 0 Å². The van der Waals surface area contributed by atoms with Crippen LogP contribution in [-0.4, -0.2) is 19.7 Å². The van der Waals surface area contributed by atoms with E-state index in [2.05, 4.69) is 15.1 Å². The van der Waals surface area contributed by atoms with Gasteiger partial charge in [0.2, 0.25) is 5.95 Å². The Labute approximate surface area is 86.6 Å². The monoisotopic (exact) mass is 232 g/mol. The van der Waals surface area contributed by atoms with Crippen molar-refractivity contribution in [2.45, 2.75) is 6.18 Å². The SMILES string of the molecule is Fc1cc(-n2cc(C(F)(F)F)cn2)ncn1. The van der Waals surface area contributed by atoms with Crippen molar-refractivity contribution in [3.63, 3.8) is 0 Å². The highest BCUT2D eigenvalue weighted by Gasteiger charge is 2.32. The highest BCUT2D eigenvalue weighted by Crippen LogP contribution is 2.28. The van der Waals surface area contributed by atoms with E-state index < -0.39 is 17.7 Å². The molecule has 0 saturated heterocycles. The van der Waals surface area contributed by atoms with Gasteiger partial charge < -0.3 is 0 Å². The summed E-state index contributed by atoms with van der Waals surface area (Å²) in [6.45, 7) is 0. The topological polar surface area (TPSA) is 43.6 Å². The van der Waals surface area contributed by atoms with Crippen LogP contribution >= 0.6 is 0 Å². The van der Waals surface area contributed by atoms with Crippen LogP contribution < -0.4 is 0 Å². The molecule has 0 aliphatic heterocycles. The molecule has 2 aromatic rings. The van der Waals surface area contributed by atoms with Crippen molar-refractivity contribution in [2.75, 3.05) is 0 Å². The van der Waals surface area contributed by atoms with E-state index in [9.17, 15) is 17.6 Å². The van der Waals surface area contributed by atoms with Gasteiger partial charge in [0.15, 0.2) is 5.82 Å². The van der Waals surface area contributed by atoms with E-state index >= 15 is 0 Å². The molecule has 0 unspecified atom stereocenters. The van der Waals surface area contributed by atoms with Crippen LogP contribution in [0, 0.1) is 5.95 Å². The number of alkyl halides is 3. The van der Waals surface area contributed by atoms with Gasteiger partial charge in [0, 0.05) is 12.3 Å². The first-order valence-electron chi connectivity index (χ1n) is 4.06. The van der Waals surface area contributed by atoms with Gasteiger partial charge in [-0.05, 0) is 0 Å². The lowest BCUT2D eigenvalue weighted by molar-refractivity contribution is -0.137. The zero-order valence-corrected chi connectivity index (χ0v) is 7.61. The number of rotatable bonds is 1. The first-order chi connectivity index (χ1) is 7.47. The number of aromatic nitrogens is 4. The van der Waals surface area contributed by atoms with E-state index in [1.807, 2.05) is 0 Å². The first-order valence-corrected chi connectivity index (χ1v) is 4.06. The molecule has 8 heteroatoms. The van der Waals surface area contributed by atoms with Crippen molar-refractivity contribution >= 4 is 0 Å². The minimum absolute atomic E-state index is 0.0667. The fraction of sp³-hybridized carbons (Fsp3) is 0.125. The molecule has 0 aliphatic carbocycles. The molecule has 0 atom stereocenters. The lowest BCUT2D eigenvalue weighted by Gasteiger charge is -2.01. The Bertz CT molecular complexity index is 505. The molecule has 2 aromatic heterocycles. The molecule has 2 rings (SSSR count). The molecule has 0 saturated carbocycles. The van der Waals surface area contributed by atoms with Crippen molar-refractivity contribution in [1.82, 2.24) is 19.7 Å². The molecule has 0 radical (unpaired) electrons. The Morgan fingerprint density at radius 3 is 2.50 bits per heavy atom. The molecule has 0 spiro atoms. The lowest BCUT2D eigenvalue weighted by Crippen LogP contribution is -2.03. The van der Waals surface area contributed by atoms with Crippen molar-refractivity contribution < 1.29 is 17.6 Å². The van der Waals surface area contributed by atoms with Crippen LogP contribution in [0.4, 0.5) is 17.6 Å². The summed E-state index contributed by atoms with van der Waals surface area (Å²) in [5.74, 6) is -0.906. The van der Waals surface area contributed by atoms with Gasteiger partial charge in [-0.1, -0.05) is 0 Å². The van der Waals surface area contributed by atoms with Crippen molar-refractivity contribution in [3.05, 3.63) is 36.3 Å². The Morgan fingerprint density at radius 1 is 1.19 bits per heavy atom. The second-order valence-electron chi connectivity index (χ2n) is 2.87. The van der Waals surface area contributed by atoms with E-state index in [4.69, 9.17) is 0 Å². The van der Waals surface area contributed by atoms with Crippen LogP contribution in [0.25, 0.3) is 5.82 Å². The van der Waals surface area contributed by atoms with Gasteiger partial charge in [-0.15, -0.1) is 0 Å². The Morgan fingerprint density at radius 2 is 1.94 bits per heavy atom. The maximum Gasteiger partial charge on any atom is 0.419 e. The molecule has 16 heavy (non-hydrogen) atoms. The first kappa shape index (κ1) is 10.5. The zero-order chi connectivity index (χ0) is 11.8. The number of hydrogen-bond acceptors (Lipinski definition) is 3. The highest BCUT2D eigenvalue weighted by molar-refractivity contribution is 5.21. The van der Waals surface area contributed by atoms with Gasteiger partial charge in [0.25, 0.3) is 0 Å². The highest BCUT2D eigenvalue weighted by atomic mass is 19.4. The summed E-state index contributed by atoms with van der Waals surface area (Å²) in [5.41, 5.74) is -0.925. The second-order valence-corrected chi connectivity index (χ2v) is 2.87. The molecule has 0 fully saturated rings. The Balaban J connectivity index is 2.39. The molecular formula is C8H4F4N4. The minimum atomic E-state index is -4.48. The smallest absolute Gasteiger partial charge is 0.222 e. The molecular weight excluding hydrogens is 228 g/mol. The summed E-state index contributed by atoms with van der Waals surface area (Å²) in [5, 5.41) is 3.43. The van der Waals surface area contributed by atoms with Crippen LogP contribution in [0.1, 0.15) is 5.56 Å². The van der Waals surface area contributed by atoms with Gasteiger partial charge in [-0.2, -0.15) is 22.7 Å². The van der Waals surface area contributed by atoms with Crippen LogP contribution in [-0.2, 0) is 6.18 Å². The molecule has 0 aliphatic rings. The maximum absolute atomic E-state index is 12.7. The molecule has 0 aromatic carbocycles. The molecule has 0 N–H and O–H groups in total. The third-order valence-corrected chi connectivity index (χ3v) is 1.76. The average molecular weight is 232 g/mol. The van der Waals surface area contributed by atoms with Gasteiger partial charge >= 0.3 is 6.18 Å². The maximum atomic E-state index is 12.7. The third kappa shape index (κ3) is 2.00. The average Bonchev–Trinajstić information content (AvgIpc) is 2.65. The van der Waals surface area contributed by atoms with Gasteiger partial charge in [-0.3, -0.25) is 0 Å². The minimum Gasteiger partial charge on any atom is -0.222 e. The van der Waals surface area contributed by atoms with Crippen molar-refractivity contribution in [1.29, 1.82) is 0 Å². The predicted molar refractivity (Wildman–Crippen MR) is 44.1 cm³/mol. The van der Waals surface area contributed by atoms with Gasteiger partial charge in [0.05, 0.1) is 11.8 Å². The number of hydrogen-bond donors (Lipinski definition) is 0. The van der Waals surface area contributed by atoms with E-state index in [0.29, 0.717) is 6.20 Å². The lowest BCUT2D eigenvalue weighted by atomic mass is 10.4. The Hall–Kier alpha value is -1.99. The number of nitrogens with zero attached hydrogens (tertiary/aromatic N) is 4. The fourth-order valence-electron chi connectivity index (χ4n) is 1.04.